The van der Waals surface area contributed by atoms with Crippen LogP contribution in [0.25, 0.3) is 0 Å². The molecule has 1 aromatic carbocycles. The standard InChI is InChI=1S/C9H11F2N3O/c1-5-2-3-6(10)9(8(5)11)13-4-7(12)14-15/h2-3,13,15H,4H2,1H3,(H2,12,14). The molecule has 0 aliphatic carbocycles. The minimum absolute atomic E-state index is 0.131. The monoisotopic (exact) mass is 215 g/mol. The van der Waals surface area contributed by atoms with Crippen molar-refractivity contribution in [2.45, 2.75) is 6.92 Å². The smallest absolute Gasteiger partial charge is 0.158 e. The van der Waals surface area contributed by atoms with Crippen molar-refractivity contribution in [1.29, 1.82) is 0 Å². The van der Waals surface area contributed by atoms with E-state index in [9.17, 15) is 8.78 Å². The van der Waals surface area contributed by atoms with Crippen LogP contribution in [0.3, 0.4) is 0 Å². The number of benzene rings is 1. The Hall–Kier alpha value is -1.85. The fourth-order valence-electron chi connectivity index (χ4n) is 1.03. The zero-order valence-electron chi connectivity index (χ0n) is 8.09. The molecule has 0 atom stereocenters. The summed E-state index contributed by atoms with van der Waals surface area (Å²) >= 11 is 0. The van der Waals surface area contributed by atoms with Crippen molar-refractivity contribution >= 4 is 11.5 Å². The van der Waals surface area contributed by atoms with Gasteiger partial charge in [-0.05, 0) is 18.6 Å². The van der Waals surface area contributed by atoms with E-state index >= 15 is 0 Å². The van der Waals surface area contributed by atoms with Gasteiger partial charge in [-0.15, -0.1) is 0 Å². The minimum Gasteiger partial charge on any atom is -0.409 e. The summed E-state index contributed by atoms with van der Waals surface area (Å²) in [4.78, 5) is 0. The summed E-state index contributed by atoms with van der Waals surface area (Å²) in [6.07, 6.45) is 0. The van der Waals surface area contributed by atoms with Crippen LogP contribution in [0.2, 0.25) is 0 Å². The van der Waals surface area contributed by atoms with Crippen LogP contribution in [0.5, 0.6) is 0 Å². The molecule has 4 nitrogen and oxygen atoms in total. The van der Waals surface area contributed by atoms with E-state index in [2.05, 4.69) is 10.5 Å². The van der Waals surface area contributed by atoms with Crippen molar-refractivity contribution in [3.63, 3.8) is 0 Å². The van der Waals surface area contributed by atoms with E-state index in [1.807, 2.05) is 0 Å². The van der Waals surface area contributed by atoms with E-state index in [-0.39, 0.29) is 18.1 Å². The number of hydrogen-bond donors (Lipinski definition) is 3. The average Bonchev–Trinajstić information content (AvgIpc) is 2.23. The molecule has 0 bridgehead atoms. The minimum atomic E-state index is -0.719. The number of nitrogens with zero attached hydrogens (tertiary/aromatic N) is 1. The Morgan fingerprint density at radius 3 is 2.80 bits per heavy atom. The second-order valence-electron chi connectivity index (χ2n) is 3.00. The lowest BCUT2D eigenvalue weighted by Crippen LogP contribution is -2.23. The van der Waals surface area contributed by atoms with Crippen molar-refractivity contribution in [3.05, 3.63) is 29.3 Å². The van der Waals surface area contributed by atoms with Crippen LogP contribution in [0, 0.1) is 18.6 Å². The second-order valence-corrected chi connectivity index (χ2v) is 3.00. The van der Waals surface area contributed by atoms with E-state index in [4.69, 9.17) is 10.9 Å². The van der Waals surface area contributed by atoms with Crippen molar-refractivity contribution in [2.24, 2.45) is 10.9 Å². The quantitative estimate of drug-likeness (QED) is 0.309. The number of halogens is 2. The van der Waals surface area contributed by atoms with Gasteiger partial charge in [0, 0.05) is 0 Å². The van der Waals surface area contributed by atoms with Gasteiger partial charge in [0.1, 0.15) is 11.5 Å². The first kappa shape index (κ1) is 11.2. The van der Waals surface area contributed by atoms with Gasteiger partial charge in [-0.1, -0.05) is 11.2 Å². The highest BCUT2D eigenvalue weighted by Gasteiger charge is 2.10. The molecule has 0 aromatic heterocycles. The van der Waals surface area contributed by atoms with Gasteiger partial charge < -0.3 is 16.3 Å². The summed E-state index contributed by atoms with van der Waals surface area (Å²) in [6.45, 7) is 1.39. The van der Waals surface area contributed by atoms with Gasteiger partial charge in [-0.3, -0.25) is 0 Å². The zero-order chi connectivity index (χ0) is 11.4. The molecule has 0 heterocycles. The first-order valence-corrected chi connectivity index (χ1v) is 4.21. The van der Waals surface area contributed by atoms with E-state index in [1.54, 1.807) is 0 Å². The number of anilines is 1. The summed E-state index contributed by atoms with van der Waals surface area (Å²) in [5.41, 5.74) is 5.19. The average molecular weight is 215 g/mol. The molecule has 0 aliphatic heterocycles. The molecule has 15 heavy (non-hydrogen) atoms. The van der Waals surface area contributed by atoms with E-state index in [1.165, 1.54) is 13.0 Å². The molecule has 0 fully saturated rings. The van der Waals surface area contributed by atoms with Crippen LogP contribution in [0.15, 0.2) is 17.3 Å². The first-order valence-electron chi connectivity index (χ1n) is 4.21. The van der Waals surface area contributed by atoms with Crippen molar-refractivity contribution in [1.82, 2.24) is 0 Å². The third-order valence-electron chi connectivity index (χ3n) is 1.86. The molecular weight excluding hydrogens is 204 g/mol. The van der Waals surface area contributed by atoms with Crippen molar-refractivity contribution < 1.29 is 14.0 Å². The topological polar surface area (TPSA) is 70.6 Å². The summed E-state index contributed by atoms with van der Waals surface area (Å²) in [6, 6.07) is 2.48. The first-order chi connectivity index (χ1) is 7.06. The summed E-state index contributed by atoms with van der Waals surface area (Å²) in [5.74, 6) is -1.56. The predicted molar refractivity (Wildman–Crippen MR) is 53.0 cm³/mol. The molecular formula is C9H11F2N3O. The molecule has 0 aliphatic rings. The van der Waals surface area contributed by atoms with Crippen LogP contribution in [0.1, 0.15) is 5.56 Å². The van der Waals surface area contributed by atoms with Crippen LogP contribution < -0.4 is 11.1 Å². The molecule has 6 heteroatoms. The number of rotatable bonds is 3. The Morgan fingerprint density at radius 2 is 2.20 bits per heavy atom. The zero-order valence-corrected chi connectivity index (χ0v) is 8.09. The number of aryl methyl sites for hydroxylation is 1. The number of amidine groups is 1. The normalized spacial score (nSPS) is 11.5. The van der Waals surface area contributed by atoms with Crippen molar-refractivity contribution in [3.8, 4) is 0 Å². The number of hydrogen-bond acceptors (Lipinski definition) is 3. The van der Waals surface area contributed by atoms with E-state index in [0.29, 0.717) is 5.56 Å². The highest BCUT2D eigenvalue weighted by atomic mass is 19.1. The molecule has 0 saturated carbocycles. The Kier molecular flexibility index (Phi) is 3.43. The molecule has 0 saturated heterocycles. The Labute approximate surface area is 85.4 Å². The van der Waals surface area contributed by atoms with Gasteiger partial charge in [-0.25, -0.2) is 8.78 Å². The lowest BCUT2D eigenvalue weighted by molar-refractivity contribution is 0.317. The van der Waals surface area contributed by atoms with Crippen LogP contribution >= 0.6 is 0 Å². The van der Waals surface area contributed by atoms with Gasteiger partial charge in [0.05, 0.1) is 6.54 Å². The Balaban J connectivity index is 2.89. The number of nitrogens with one attached hydrogen (secondary N) is 1. The fourth-order valence-corrected chi connectivity index (χ4v) is 1.03. The number of nitrogens with two attached hydrogens (primary N) is 1. The SMILES string of the molecule is Cc1ccc(F)c(NC/C(N)=N/O)c1F. The largest absolute Gasteiger partial charge is 0.409 e. The second kappa shape index (κ2) is 4.59. The maximum absolute atomic E-state index is 13.4. The maximum atomic E-state index is 13.4. The van der Waals surface area contributed by atoms with Gasteiger partial charge in [-0.2, -0.15) is 0 Å². The third-order valence-corrected chi connectivity index (χ3v) is 1.86. The molecule has 0 unspecified atom stereocenters. The van der Waals surface area contributed by atoms with Gasteiger partial charge in [0.15, 0.2) is 11.7 Å². The lowest BCUT2D eigenvalue weighted by Gasteiger charge is -2.09. The Morgan fingerprint density at radius 1 is 1.53 bits per heavy atom. The van der Waals surface area contributed by atoms with Crippen molar-refractivity contribution in [2.75, 3.05) is 11.9 Å². The molecule has 1 aromatic rings. The predicted octanol–water partition coefficient (Wildman–Crippen LogP) is 1.43. The molecule has 0 radical (unpaired) electrons. The van der Waals surface area contributed by atoms with Crippen LogP contribution in [0.4, 0.5) is 14.5 Å². The van der Waals surface area contributed by atoms with E-state index in [0.717, 1.165) is 6.07 Å². The summed E-state index contributed by atoms with van der Waals surface area (Å²) in [7, 11) is 0. The molecule has 0 amide bonds. The van der Waals surface area contributed by atoms with Gasteiger partial charge in [0.2, 0.25) is 0 Å². The van der Waals surface area contributed by atoms with Gasteiger partial charge >= 0.3 is 0 Å². The summed E-state index contributed by atoms with van der Waals surface area (Å²) < 4.78 is 26.5. The highest BCUT2D eigenvalue weighted by molar-refractivity contribution is 5.84. The molecule has 4 N–H and O–H groups in total. The number of oxime groups is 1. The van der Waals surface area contributed by atoms with Crippen LogP contribution in [-0.2, 0) is 0 Å². The Bertz CT molecular complexity index is 393. The molecule has 0 spiro atoms. The fraction of sp³-hybridized carbons (Fsp3) is 0.222. The summed E-state index contributed by atoms with van der Waals surface area (Å²) in [5, 5.41) is 13.3. The maximum Gasteiger partial charge on any atom is 0.158 e. The van der Waals surface area contributed by atoms with Crippen LogP contribution in [-0.4, -0.2) is 17.6 Å². The van der Waals surface area contributed by atoms with Gasteiger partial charge in [0.25, 0.3) is 0 Å². The molecule has 82 valence electrons. The van der Waals surface area contributed by atoms with E-state index < -0.39 is 11.6 Å². The lowest BCUT2D eigenvalue weighted by atomic mass is 10.2. The third kappa shape index (κ3) is 2.55. The molecule has 1 rings (SSSR count). The highest BCUT2D eigenvalue weighted by Crippen LogP contribution is 2.21.